The normalized spacial score (nSPS) is 14.2. The third-order valence-corrected chi connectivity index (χ3v) is 3.34. The van der Waals surface area contributed by atoms with E-state index in [1.54, 1.807) is 13.8 Å². The van der Waals surface area contributed by atoms with Gasteiger partial charge in [-0.15, -0.1) is 0 Å². The maximum absolute atomic E-state index is 11.4. The summed E-state index contributed by atoms with van der Waals surface area (Å²) in [6.07, 6.45) is 0.846. The molecule has 0 radical (unpaired) electrons. The van der Waals surface area contributed by atoms with Gasteiger partial charge in [0.15, 0.2) is 6.35 Å². The van der Waals surface area contributed by atoms with Crippen LogP contribution in [0.5, 0.6) is 0 Å². The zero-order valence-corrected chi connectivity index (χ0v) is 12.1. The van der Waals surface area contributed by atoms with Crippen molar-refractivity contribution in [3.63, 3.8) is 0 Å². The van der Waals surface area contributed by atoms with E-state index in [1.807, 2.05) is 0 Å². The second-order valence-electron chi connectivity index (χ2n) is 3.88. The number of aryl methyl sites for hydroxylation is 1. The van der Waals surface area contributed by atoms with E-state index in [-0.39, 0.29) is 20.1 Å². The molecule has 1 atom stereocenters. The number of nitrogens with one attached hydrogen (secondary N) is 1. The Labute approximate surface area is 114 Å². The van der Waals surface area contributed by atoms with Crippen molar-refractivity contribution in [2.45, 2.75) is 20.6 Å². The summed E-state index contributed by atoms with van der Waals surface area (Å²) < 4.78 is 26.8. The number of hydrogen-bond donors (Lipinski definition) is 2. The Balaban J connectivity index is 2.39. The number of aromatic nitrogens is 2. The molecular weight excluding hydrogens is 291 g/mol. The fourth-order valence-corrected chi connectivity index (χ4v) is 2.08. The predicted molar refractivity (Wildman–Crippen MR) is 69.4 cm³/mol. The lowest BCUT2D eigenvalue weighted by atomic mass is 10.4. The van der Waals surface area contributed by atoms with Crippen LogP contribution in [0.25, 0.3) is 0 Å². The molecule has 0 aliphatic carbocycles. The molecule has 0 spiro atoms. The van der Waals surface area contributed by atoms with E-state index in [4.69, 9.17) is 9.47 Å². The molecule has 114 valence electrons. The van der Waals surface area contributed by atoms with Gasteiger partial charge in [-0.2, -0.15) is 0 Å². The van der Waals surface area contributed by atoms with Crippen molar-refractivity contribution in [1.29, 1.82) is 0 Å². The van der Waals surface area contributed by atoms with Gasteiger partial charge in [-0.05, 0) is 13.8 Å². The molecule has 0 aromatic carbocycles. The van der Waals surface area contributed by atoms with Gasteiger partial charge in [0, 0.05) is 11.8 Å². The molecule has 0 bridgehead atoms. The van der Waals surface area contributed by atoms with Crippen LogP contribution in [0.3, 0.4) is 0 Å². The molecule has 0 aliphatic heterocycles. The highest BCUT2D eigenvalue weighted by Crippen LogP contribution is 2.41. The summed E-state index contributed by atoms with van der Waals surface area (Å²) in [7, 11) is -3.75. The highest BCUT2D eigenvalue weighted by Gasteiger charge is 2.18. The number of H-pyrrole nitrogens is 1. The van der Waals surface area contributed by atoms with E-state index >= 15 is 0 Å². The first-order valence-electron chi connectivity index (χ1n) is 5.78. The van der Waals surface area contributed by atoms with Crippen LogP contribution in [-0.4, -0.2) is 34.2 Å². The molecule has 0 aliphatic rings. The lowest BCUT2D eigenvalue weighted by Crippen LogP contribution is -2.31. The molecule has 2 N–H and O–H groups in total. The Morgan fingerprint density at radius 2 is 2.10 bits per heavy atom. The van der Waals surface area contributed by atoms with Crippen molar-refractivity contribution < 1.29 is 23.5 Å². The standard InChI is InChI=1S/C10H17N2O7P/c1-3-19-20(15,16)7-18-6-17-5-12-4-8(2)9(13)11-10(12)14/h4H,3,5-7H2,1-2H3,(H,15,16)(H,11,13,14). The lowest BCUT2D eigenvalue weighted by molar-refractivity contribution is -0.0704. The summed E-state index contributed by atoms with van der Waals surface area (Å²) in [5.41, 5.74) is -0.700. The summed E-state index contributed by atoms with van der Waals surface area (Å²) in [5, 5.41) is 0. The van der Waals surface area contributed by atoms with Crippen LogP contribution in [0.15, 0.2) is 15.8 Å². The van der Waals surface area contributed by atoms with E-state index in [0.717, 1.165) is 4.57 Å². The second-order valence-corrected chi connectivity index (χ2v) is 5.67. The Hall–Kier alpha value is -1.25. The third kappa shape index (κ3) is 5.40. The quantitative estimate of drug-likeness (QED) is 0.393. The molecule has 0 saturated carbocycles. The summed E-state index contributed by atoms with van der Waals surface area (Å²) >= 11 is 0. The molecule has 1 aromatic heterocycles. The second kappa shape index (κ2) is 7.51. The fraction of sp³-hybridized carbons (Fsp3) is 0.600. The Morgan fingerprint density at radius 3 is 2.75 bits per heavy atom. The van der Waals surface area contributed by atoms with Crippen LogP contribution < -0.4 is 11.2 Å². The van der Waals surface area contributed by atoms with Gasteiger partial charge in [0.05, 0.1) is 6.61 Å². The Bertz CT molecular complexity index is 594. The molecule has 0 saturated heterocycles. The molecule has 1 heterocycles. The van der Waals surface area contributed by atoms with Gasteiger partial charge in [-0.25, -0.2) is 4.79 Å². The van der Waals surface area contributed by atoms with Gasteiger partial charge in [-0.3, -0.25) is 18.9 Å². The number of hydrogen-bond acceptors (Lipinski definition) is 6. The molecule has 0 fully saturated rings. The first kappa shape index (κ1) is 16.8. The van der Waals surface area contributed by atoms with Crippen LogP contribution in [0.1, 0.15) is 12.5 Å². The fourth-order valence-electron chi connectivity index (χ4n) is 1.30. The Kier molecular flexibility index (Phi) is 6.31. The minimum atomic E-state index is -3.75. The maximum Gasteiger partial charge on any atom is 0.353 e. The summed E-state index contributed by atoms with van der Waals surface area (Å²) in [6, 6.07) is 0. The Morgan fingerprint density at radius 1 is 1.40 bits per heavy atom. The van der Waals surface area contributed by atoms with Crippen LogP contribution in [0.4, 0.5) is 0 Å². The molecule has 1 rings (SSSR count). The predicted octanol–water partition coefficient (Wildman–Crippen LogP) is -0.0274. The first-order chi connectivity index (χ1) is 9.35. The van der Waals surface area contributed by atoms with Crippen LogP contribution in [-0.2, 0) is 25.3 Å². The number of ether oxygens (including phenoxy) is 2. The number of rotatable bonds is 8. The average molecular weight is 308 g/mol. The summed E-state index contributed by atoms with van der Waals surface area (Å²) in [5.74, 6) is 0. The van der Waals surface area contributed by atoms with Crippen molar-refractivity contribution in [2.75, 3.05) is 19.7 Å². The average Bonchev–Trinajstić information content (AvgIpc) is 2.34. The molecule has 1 aromatic rings. The third-order valence-electron chi connectivity index (χ3n) is 2.17. The van der Waals surface area contributed by atoms with Crippen molar-refractivity contribution in [3.8, 4) is 0 Å². The van der Waals surface area contributed by atoms with Gasteiger partial charge in [-0.1, -0.05) is 0 Å². The SMILES string of the molecule is CCOP(=O)(O)COCOCn1cc(C)c(=O)[nH]c1=O. The maximum atomic E-state index is 11.4. The van der Waals surface area contributed by atoms with Crippen molar-refractivity contribution in [1.82, 2.24) is 9.55 Å². The molecule has 1 unspecified atom stereocenters. The van der Waals surface area contributed by atoms with E-state index in [0.29, 0.717) is 5.56 Å². The lowest BCUT2D eigenvalue weighted by Gasteiger charge is -2.11. The highest BCUT2D eigenvalue weighted by molar-refractivity contribution is 7.52. The zero-order valence-electron chi connectivity index (χ0n) is 11.2. The number of nitrogens with zero attached hydrogens (tertiary/aromatic N) is 1. The highest BCUT2D eigenvalue weighted by atomic mass is 31.2. The number of aromatic amines is 1. The largest absolute Gasteiger partial charge is 0.353 e. The molecular formula is C10H17N2O7P. The topological polar surface area (TPSA) is 120 Å². The zero-order chi connectivity index (χ0) is 15.2. The summed E-state index contributed by atoms with van der Waals surface area (Å²) in [6.45, 7) is 2.80. The summed E-state index contributed by atoms with van der Waals surface area (Å²) in [4.78, 5) is 33.8. The van der Waals surface area contributed by atoms with Crippen molar-refractivity contribution in [2.24, 2.45) is 0 Å². The van der Waals surface area contributed by atoms with Gasteiger partial charge >= 0.3 is 13.3 Å². The van der Waals surface area contributed by atoms with E-state index in [9.17, 15) is 19.0 Å². The van der Waals surface area contributed by atoms with Gasteiger partial charge in [0.25, 0.3) is 5.56 Å². The van der Waals surface area contributed by atoms with Crippen LogP contribution in [0, 0.1) is 6.92 Å². The first-order valence-corrected chi connectivity index (χ1v) is 7.54. The van der Waals surface area contributed by atoms with Crippen LogP contribution >= 0.6 is 7.60 Å². The van der Waals surface area contributed by atoms with Gasteiger partial charge in [0.2, 0.25) is 0 Å². The smallest absolute Gasteiger partial charge is 0.343 e. The van der Waals surface area contributed by atoms with Gasteiger partial charge < -0.3 is 18.9 Å². The van der Waals surface area contributed by atoms with Crippen molar-refractivity contribution in [3.05, 3.63) is 32.6 Å². The molecule has 0 amide bonds. The monoisotopic (exact) mass is 308 g/mol. The minimum absolute atomic E-state index is 0.101. The molecule has 10 heteroatoms. The minimum Gasteiger partial charge on any atom is -0.343 e. The van der Waals surface area contributed by atoms with E-state index < -0.39 is 25.2 Å². The van der Waals surface area contributed by atoms with Gasteiger partial charge in [0.1, 0.15) is 13.5 Å². The van der Waals surface area contributed by atoms with E-state index in [2.05, 4.69) is 9.51 Å². The molecule has 9 nitrogen and oxygen atoms in total. The van der Waals surface area contributed by atoms with Crippen molar-refractivity contribution >= 4 is 7.60 Å². The van der Waals surface area contributed by atoms with Crippen LogP contribution in [0.2, 0.25) is 0 Å². The molecule has 20 heavy (non-hydrogen) atoms. The van der Waals surface area contributed by atoms with E-state index in [1.165, 1.54) is 6.20 Å².